The molecule has 1 aliphatic carbocycles. The molecule has 3 aliphatic heterocycles. The quantitative estimate of drug-likeness (QED) is 0.566. The molecule has 0 aromatic carbocycles. The van der Waals surface area contributed by atoms with Crippen molar-refractivity contribution in [2.75, 3.05) is 19.7 Å². The van der Waals surface area contributed by atoms with Gasteiger partial charge in [-0.25, -0.2) is 0 Å². The second kappa shape index (κ2) is 9.42. The number of rotatable bonds is 5. The molecule has 6 atom stereocenters. The van der Waals surface area contributed by atoms with Crippen molar-refractivity contribution in [1.29, 1.82) is 10.5 Å². The van der Waals surface area contributed by atoms with E-state index in [1.165, 1.54) is 51.6 Å². The summed E-state index contributed by atoms with van der Waals surface area (Å²) >= 11 is 0. The summed E-state index contributed by atoms with van der Waals surface area (Å²) in [4.78, 5) is 2.76. The van der Waals surface area contributed by atoms with E-state index in [0.717, 1.165) is 37.8 Å². The normalized spacial score (nSPS) is 37.1. The zero-order chi connectivity index (χ0) is 21.1. The van der Waals surface area contributed by atoms with Crippen molar-refractivity contribution in [1.82, 2.24) is 4.90 Å². The van der Waals surface area contributed by atoms with Crippen LogP contribution >= 0.6 is 0 Å². The predicted molar refractivity (Wildman–Crippen MR) is 118 cm³/mol. The maximum absolute atomic E-state index is 9.63. The molecule has 30 heavy (non-hydrogen) atoms. The highest BCUT2D eigenvalue weighted by atomic mass is 16.5. The summed E-state index contributed by atoms with van der Waals surface area (Å²) < 4.78 is 6.38. The van der Waals surface area contributed by atoms with E-state index in [1.807, 2.05) is 0 Å². The second-order valence-corrected chi connectivity index (χ2v) is 11.2. The van der Waals surface area contributed by atoms with Gasteiger partial charge in [0.1, 0.15) is 0 Å². The molecule has 4 nitrogen and oxygen atoms in total. The highest BCUT2D eigenvalue weighted by molar-refractivity contribution is 5.21. The number of nitrogens with zero attached hydrogens (tertiary/aromatic N) is 3. The number of piperidine rings is 2. The number of allylic oxidation sites excluding steroid dienone is 1. The van der Waals surface area contributed by atoms with Crippen LogP contribution in [0, 0.1) is 51.7 Å². The Hall–Kier alpha value is -1.36. The minimum atomic E-state index is -0.161. The molecule has 4 heteroatoms. The topological polar surface area (TPSA) is 60.0 Å². The highest BCUT2D eigenvalue weighted by Gasteiger charge is 2.40. The third kappa shape index (κ3) is 4.92. The Morgan fingerprint density at radius 1 is 1.20 bits per heavy atom. The lowest BCUT2D eigenvalue weighted by molar-refractivity contribution is 0.00869. The lowest BCUT2D eigenvalue weighted by Crippen LogP contribution is -2.51. The Kier molecular flexibility index (Phi) is 6.86. The van der Waals surface area contributed by atoms with Crippen molar-refractivity contribution in [2.45, 2.75) is 90.2 Å². The lowest BCUT2D eigenvalue weighted by Gasteiger charge is -2.49. The molecule has 0 bridgehead atoms. The first kappa shape index (κ1) is 21.9. The van der Waals surface area contributed by atoms with Crippen LogP contribution in [-0.2, 0) is 4.74 Å². The van der Waals surface area contributed by atoms with E-state index in [2.05, 4.69) is 37.0 Å². The van der Waals surface area contributed by atoms with E-state index >= 15 is 0 Å². The Morgan fingerprint density at radius 3 is 2.83 bits per heavy atom. The third-order valence-electron chi connectivity index (χ3n) is 8.20. The van der Waals surface area contributed by atoms with Crippen molar-refractivity contribution >= 4 is 0 Å². The van der Waals surface area contributed by atoms with Gasteiger partial charge < -0.3 is 4.74 Å². The summed E-state index contributed by atoms with van der Waals surface area (Å²) in [6, 6.07) is 5.42. The monoisotopic (exact) mass is 409 g/mol. The first-order valence-electron chi connectivity index (χ1n) is 12.3. The van der Waals surface area contributed by atoms with Crippen LogP contribution in [0.2, 0.25) is 0 Å². The fourth-order valence-corrected chi connectivity index (χ4v) is 6.89. The van der Waals surface area contributed by atoms with Gasteiger partial charge in [0.25, 0.3) is 0 Å². The van der Waals surface area contributed by atoms with Crippen LogP contribution in [0.15, 0.2) is 11.6 Å². The maximum Gasteiger partial charge on any atom is 0.0669 e. The van der Waals surface area contributed by atoms with E-state index in [-0.39, 0.29) is 23.4 Å². The fourth-order valence-electron chi connectivity index (χ4n) is 6.89. The number of ether oxygens (including phenoxy) is 1. The summed E-state index contributed by atoms with van der Waals surface area (Å²) in [6.45, 7) is 7.86. The Morgan fingerprint density at radius 2 is 2.03 bits per heavy atom. The van der Waals surface area contributed by atoms with Gasteiger partial charge in [0.2, 0.25) is 0 Å². The van der Waals surface area contributed by atoms with Crippen LogP contribution in [0.5, 0.6) is 0 Å². The molecule has 3 fully saturated rings. The predicted octanol–water partition coefficient (Wildman–Crippen LogP) is 5.46. The molecule has 0 aromatic rings. The van der Waals surface area contributed by atoms with Gasteiger partial charge in [-0.2, -0.15) is 10.5 Å². The molecule has 3 saturated heterocycles. The van der Waals surface area contributed by atoms with Gasteiger partial charge in [0.05, 0.1) is 37.2 Å². The van der Waals surface area contributed by atoms with E-state index < -0.39 is 0 Å². The van der Waals surface area contributed by atoms with Crippen molar-refractivity contribution in [3.63, 3.8) is 0 Å². The molecule has 6 unspecified atom stereocenters. The zero-order valence-corrected chi connectivity index (χ0v) is 19.0. The van der Waals surface area contributed by atoms with Gasteiger partial charge in [0, 0.05) is 6.04 Å². The van der Waals surface area contributed by atoms with E-state index in [4.69, 9.17) is 10.00 Å². The van der Waals surface area contributed by atoms with Crippen LogP contribution in [0.3, 0.4) is 0 Å². The molecule has 3 heterocycles. The van der Waals surface area contributed by atoms with Gasteiger partial charge in [-0.3, -0.25) is 4.90 Å². The Balaban J connectivity index is 1.39. The van der Waals surface area contributed by atoms with Crippen molar-refractivity contribution in [3.05, 3.63) is 11.6 Å². The third-order valence-corrected chi connectivity index (χ3v) is 8.20. The Bertz CT molecular complexity index is 713. The van der Waals surface area contributed by atoms with Crippen molar-refractivity contribution < 1.29 is 4.74 Å². The average Bonchev–Trinajstić information content (AvgIpc) is 2.88. The van der Waals surface area contributed by atoms with Crippen LogP contribution < -0.4 is 0 Å². The summed E-state index contributed by atoms with van der Waals surface area (Å²) in [7, 11) is 0. The second-order valence-electron chi connectivity index (χ2n) is 11.2. The molecular weight excluding hydrogens is 370 g/mol. The first-order valence-corrected chi connectivity index (χ1v) is 12.3. The van der Waals surface area contributed by atoms with E-state index in [0.29, 0.717) is 12.3 Å². The SMILES string of the molecule is CC1(C)COC(CCC2C=C3CCCN4CCCC(C2)C34)CC(C(C#N)CC#N)C1. The minimum absolute atomic E-state index is 0.0810. The van der Waals surface area contributed by atoms with E-state index in [1.54, 1.807) is 5.57 Å². The smallest absolute Gasteiger partial charge is 0.0669 e. The van der Waals surface area contributed by atoms with Crippen LogP contribution in [-0.4, -0.2) is 36.7 Å². The molecule has 164 valence electrons. The largest absolute Gasteiger partial charge is 0.378 e. The van der Waals surface area contributed by atoms with Gasteiger partial charge in [-0.05, 0) is 94.0 Å². The molecule has 0 N–H and O–H groups in total. The summed E-state index contributed by atoms with van der Waals surface area (Å²) in [5.74, 6) is 1.68. The lowest BCUT2D eigenvalue weighted by atomic mass is 9.70. The molecule has 4 rings (SSSR count). The van der Waals surface area contributed by atoms with Crippen LogP contribution in [0.25, 0.3) is 0 Å². The van der Waals surface area contributed by atoms with Crippen LogP contribution in [0.1, 0.15) is 78.1 Å². The van der Waals surface area contributed by atoms with E-state index in [9.17, 15) is 5.26 Å². The molecule has 0 aromatic heterocycles. The zero-order valence-electron chi connectivity index (χ0n) is 19.0. The molecular formula is C26H39N3O. The highest BCUT2D eigenvalue weighted by Crippen LogP contribution is 2.44. The fraction of sp³-hybridized carbons (Fsp3) is 0.846. The molecule has 4 aliphatic rings. The van der Waals surface area contributed by atoms with Gasteiger partial charge >= 0.3 is 0 Å². The summed E-state index contributed by atoms with van der Waals surface area (Å²) in [5, 5.41) is 18.8. The van der Waals surface area contributed by atoms with Crippen LogP contribution in [0.4, 0.5) is 0 Å². The molecule has 0 spiro atoms. The summed E-state index contributed by atoms with van der Waals surface area (Å²) in [5.41, 5.74) is 1.82. The Labute approximate surface area is 183 Å². The molecule has 0 saturated carbocycles. The average molecular weight is 410 g/mol. The van der Waals surface area contributed by atoms with Gasteiger partial charge in [-0.15, -0.1) is 0 Å². The number of hydrogen-bond acceptors (Lipinski definition) is 4. The minimum Gasteiger partial charge on any atom is -0.378 e. The molecule has 0 radical (unpaired) electrons. The van der Waals surface area contributed by atoms with Crippen molar-refractivity contribution in [3.8, 4) is 12.1 Å². The number of nitriles is 2. The molecule has 0 amide bonds. The number of hydrogen-bond donors (Lipinski definition) is 0. The van der Waals surface area contributed by atoms with Gasteiger partial charge in [0.15, 0.2) is 0 Å². The maximum atomic E-state index is 9.63. The summed E-state index contributed by atoms with van der Waals surface area (Å²) in [6.07, 6.45) is 14.2. The first-order chi connectivity index (χ1) is 14.5. The van der Waals surface area contributed by atoms with Gasteiger partial charge in [-0.1, -0.05) is 25.5 Å². The van der Waals surface area contributed by atoms with Crippen molar-refractivity contribution in [2.24, 2.45) is 29.1 Å². The standard InChI is InChI=1S/C26H39N3O/c1-26(2)16-23(22(17-28)9-10-27)15-24(30-18-26)8-7-19-13-20-5-3-11-29-12-4-6-21(14-19)25(20)29/h13,19,21-25H,3-9,11-12,14-16,18H2,1-2H3.